The molecule has 0 spiro atoms. The topological polar surface area (TPSA) is 35.6 Å². The zero-order valence-electron chi connectivity index (χ0n) is 8.11. The molecular weight excluding hydrogens is 200 g/mol. The summed E-state index contributed by atoms with van der Waals surface area (Å²) in [6.07, 6.45) is 5.36. The van der Waals surface area contributed by atoms with E-state index in [1.54, 1.807) is 12.5 Å². The van der Waals surface area contributed by atoms with Gasteiger partial charge in [-0.1, -0.05) is 0 Å². The predicted octanol–water partition coefficient (Wildman–Crippen LogP) is 1.65. The molecule has 0 fully saturated rings. The third-order valence-electron chi connectivity index (χ3n) is 2.20. The third-order valence-corrected chi connectivity index (χ3v) is 2.46. The van der Waals surface area contributed by atoms with Crippen molar-refractivity contribution in [2.24, 2.45) is 7.05 Å². The molecule has 0 aliphatic carbocycles. The van der Waals surface area contributed by atoms with Crippen molar-refractivity contribution >= 4 is 11.6 Å². The molecule has 0 aliphatic rings. The van der Waals surface area contributed by atoms with Crippen molar-refractivity contribution in [2.45, 2.75) is 12.8 Å². The first-order valence-electron chi connectivity index (χ1n) is 4.30. The van der Waals surface area contributed by atoms with Crippen LogP contribution in [0, 0.1) is 6.92 Å². The molecule has 0 bridgehead atoms. The highest BCUT2D eigenvalue weighted by molar-refractivity contribution is 6.17. The minimum Gasteiger partial charge on any atom is -0.290 e. The van der Waals surface area contributed by atoms with Gasteiger partial charge in [0.05, 0.1) is 11.6 Å². The van der Waals surface area contributed by atoms with E-state index in [1.165, 1.54) is 0 Å². The van der Waals surface area contributed by atoms with Crippen molar-refractivity contribution in [3.05, 3.63) is 30.0 Å². The Bertz CT molecular complexity index is 430. The second-order valence-electron chi connectivity index (χ2n) is 3.11. The average Bonchev–Trinajstić information content (AvgIpc) is 2.72. The van der Waals surface area contributed by atoms with E-state index in [1.807, 2.05) is 29.4 Å². The molecule has 0 N–H and O–H groups in total. The number of aromatic nitrogens is 4. The van der Waals surface area contributed by atoms with Crippen LogP contribution in [0.25, 0.3) is 5.82 Å². The van der Waals surface area contributed by atoms with Gasteiger partial charge in [-0.25, -0.2) is 4.98 Å². The van der Waals surface area contributed by atoms with E-state index in [2.05, 4.69) is 10.1 Å². The standard InChI is InChI=1S/C9H11ClN4/c1-7-8(5-10)9(13(2)12-7)14-4-3-11-6-14/h3-4,6H,5H2,1-2H3. The monoisotopic (exact) mass is 210 g/mol. The minimum absolute atomic E-state index is 0.465. The van der Waals surface area contributed by atoms with Gasteiger partial charge in [0, 0.05) is 25.0 Å². The van der Waals surface area contributed by atoms with E-state index >= 15 is 0 Å². The molecule has 2 aromatic heterocycles. The van der Waals surface area contributed by atoms with Gasteiger partial charge in [-0.15, -0.1) is 11.6 Å². The van der Waals surface area contributed by atoms with Crippen molar-refractivity contribution in [2.75, 3.05) is 0 Å². The van der Waals surface area contributed by atoms with Crippen molar-refractivity contribution in [3.8, 4) is 5.82 Å². The summed E-state index contributed by atoms with van der Waals surface area (Å²) >= 11 is 5.88. The summed E-state index contributed by atoms with van der Waals surface area (Å²) in [5.41, 5.74) is 2.01. The number of rotatable bonds is 2. The average molecular weight is 211 g/mol. The van der Waals surface area contributed by atoms with Gasteiger partial charge in [-0.2, -0.15) is 5.10 Å². The lowest BCUT2D eigenvalue weighted by Crippen LogP contribution is -2.02. The zero-order valence-corrected chi connectivity index (χ0v) is 8.86. The molecule has 0 atom stereocenters. The molecule has 2 aromatic rings. The molecule has 0 unspecified atom stereocenters. The Labute approximate surface area is 87.1 Å². The Morgan fingerprint density at radius 3 is 2.86 bits per heavy atom. The summed E-state index contributed by atoms with van der Waals surface area (Å²) in [7, 11) is 1.90. The number of hydrogen-bond donors (Lipinski definition) is 0. The van der Waals surface area contributed by atoms with E-state index in [0.717, 1.165) is 17.1 Å². The van der Waals surface area contributed by atoms with Crippen LogP contribution < -0.4 is 0 Å². The fourth-order valence-corrected chi connectivity index (χ4v) is 1.87. The summed E-state index contributed by atoms with van der Waals surface area (Å²) < 4.78 is 3.73. The molecule has 0 saturated carbocycles. The van der Waals surface area contributed by atoms with Crippen molar-refractivity contribution < 1.29 is 0 Å². The van der Waals surface area contributed by atoms with E-state index in [9.17, 15) is 0 Å². The van der Waals surface area contributed by atoms with Crippen LogP contribution in [-0.2, 0) is 12.9 Å². The van der Waals surface area contributed by atoms with Gasteiger partial charge in [0.2, 0.25) is 0 Å². The predicted molar refractivity (Wildman–Crippen MR) is 54.6 cm³/mol. The third kappa shape index (κ3) is 1.32. The fraction of sp³-hybridized carbons (Fsp3) is 0.333. The van der Waals surface area contributed by atoms with Gasteiger partial charge >= 0.3 is 0 Å². The summed E-state index contributed by atoms with van der Waals surface area (Å²) in [6, 6.07) is 0. The Morgan fingerprint density at radius 2 is 2.29 bits per heavy atom. The number of hydrogen-bond acceptors (Lipinski definition) is 2. The summed E-state index contributed by atoms with van der Waals surface area (Å²) in [5.74, 6) is 1.45. The second-order valence-corrected chi connectivity index (χ2v) is 3.38. The molecule has 0 amide bonds. The van der Waals surface area contributed by atoms with Crippen LogP contribution in [-0.4, -0.2) is 19.3 Å². The van der Waals surface area contributed by atoms with E-state index < -0.39 is 0 Å². The zero-order chi connectivity index (χ0) is 10.1. The van der Waals surface area contributed by atoms with E-state index in [4.69, 9.17) is 11.6 Å². The van der Waals surface area contributed by atoms with Crippen molar-refractivity contribution in [1.29, 1.82) is 0 Å². The molecular formula is C9H11ClN4. The van der Waals surface area contributed by atoms with Gasteiger partial charge in [-0.05, 0) is 6.92 Å². The van der Waals surface area contributed by atoms with Gasteiger partial charge in [0.15, 0.2) is 0 Å². The lowest BCUT2D eigenvalue weighted by molar-refractivity contribution is 0.721. The number of nitrogens with zero attached hydrogens (tertiary/aromatic N) is 4. The molecule has 0 aliphatic heterocycles. The van der Waals surface area contributed by atoms with E-state index in [-0.39, 0.29) is 0 Å². The molecule has 0 saturated heterocycles. The fourth-order valence-electron chi connectivity index (χ4n) is 1.55. The number of imidazole rings is 1. The lowest BCUT2D eigenvalue weighted by Gasteiger charge is -2.04. The normalized spacial score (nSPS) is 10.8. The second kappa shape index (κ2) is 3.46. The van der Waals surface area contributed by atoms with Crippen LogP contribution in [0.1, 0.15) is 11.3 Å². The molecule has 4 nitrogen and oxygen atoms in total. The van der Waals surface area contributed by atoms with Crippen LogP contribution in [0.4, 0.5) is 0 Å². The van der Waals surface area contributed by atoms with Crippen LogP contribution in [0.5, 0.6) is 0 Å². The first-order chi connectivity index (χ1) is 6.74. The maximum atomic E-state index is 5.88. The Morgan fingerprint density at radius 1 is 1.50 bits per heavy atom. The molecule has 5 heteroatoms. The highest BCUT2D eigenvalue weighted by Crippen LogP contribution is 2.19. The summed E-state index contributed by atoms with van der Waals surface area (Å²) in [5, 5.41) is 4.32. The molecule has 0 aromatic carbocycles. The maximum Gasteiger partial charge on any atom is 0.140 e. The Kier molecular flexibility index (Phi) is 2.29. The smallest absolute Gasteiger partial charge is 0.140 e. The minimum atomic E-state index is 0.465. The SMILES string of the molecule is Cc1nn(C)c(-n2ccnc2)c1CCl. The summed E-state index contributed by atoms with van der Waals surface area (Å²) in [4.78, 5) is 4.00. The maximum absolute atomic E-state index is 5.88. The molecule has 0 radical (unpaired) electrons. The van der Waals surface area contributed by atoms with Crippen LogP contribution in [0.3, 0.4) is 0 Å². The molecule has 14 heavy (non-hydrogen) atoms. The van der Waals surface area contributed by atoms with Crippen molar-refractivity contribution in [1.82, 2.24) is 19.3 Å². The van der Waals surface area contributed by atoms with Crippen LogP contribution >= 0.6 is 11.6 Å². The van der Waals surface area contributed by atoms with Gasteiger partial charge in [0.1, 0.15) is 12.1 Å². The number of halogens is 1. The number of aryl methyl sites for hydroxylation is 2. The van der Waals surface area contributed by atoms with Gasteiger partial charge in [0.25, 0.3) is 0 Å². The first kappa shape index (κ1) is 9.27. The molecule has 2 heterocycles. The van der Waals surface area contributed by atoms with E-state index in [0.29, 0.717) is 5.88 Å². The largest absolute Gasteiger partial charge is 0.290 e. The van der Waals surface area contributed by atoms with Crippen molar-refractivity contribution in [3.63, 3.8) is 0 Å². The van der Waals surface area contributed by atoms with Crippen LogP contribution in [0.15, 0.2) is 18.7 Å². The Balaban J connectivity index is 2.62. The quantitative estimate of drug-likeness (QED) is 0.707. The van der Waals surface area contributed by atoms with Crippen LogP contribution in [0.2, 0.25) is 0 Å². The molecule has 2 rings (SSSR count). The van der Waals surface area contributed by atoms with Gasteiger partial charge in [-0.3, -0.25) is 9.25 Å². The van der Waals surface area contributed by atoms with Gasteiger partial charge < -0.3 is 0 Å². The number of alkyl halides is 1. The Hall–Kier alpha value is -1.29. The summed E-state index contributed by atoms with van der Waals surface area (Å²) in [6.45, 7) is 1.96. The highest BCUT2D eigenvalue weighted by atomic mass is 35.5. The highest BCUT2D eigenvalue weighted by Gasteiger charge is 2.12. The lowest BCUT2D eigenvalue weighted by atomic mass is 10.3. The molecule has 74 valence electrons. The first-order valence-corrected chi connectivity index (χ1v) is 4.84.